The SMILES string of the molecule is CC1(C)NC(=O)[C@@H]2[C@@H](SCc3ccco3)CCN2C1=O. The molecule has 2 saturated heterocycles. The molecule has 6 heteroatoms. The van der Waals surface area contributed by atoms with Crippen molar-refractivity contribution >= 4 is 23.6 Å². The summed E-state index contributed by atoms with van der Waals surface area (Å²) in [5.41, 5.74) is -0.784. The maximum absolute atomic E-state index is 12.3. The molecule has 0 radical (unpaired) electrons. The van der Waals surface area contributed by atoms with Crippen molar-refractivity contribution in [3.8, 4) is 0 Å². The van der Waals surface area contributed by atoms with E-state index in [1.165, 1.54) is 0 Å². The monoisotopic (exact) mass is 294 g/mol. The molecule has 5 nitrogen and oxygen atoms in total. The van der Waals surface area contributed by atoms with Crippen LogP contribution in [-0.2, 0) is 15.3 Å². The van der Waals surface area contributed by atoms with E-state index < -0.39 is 5.54 Å². The second-order valence-electron chi connectivity index (χ2n) is 5.78. The summed E-state index contributed by atoms with van der Waals surface area (Å²) in [5.74, 6) is 1.61. The van der Waals surface area contributed by atoms with Crippen LogP contribution in [0.2, 0.25) is 0 Å². The lowest BCUT2D eigenvalue weighted by Crippen LogP contribution is -2.67. The highest BCUT2D eigenvalue weighted by molar-refractivity contribution is 7.99. The van der Waals surface area contributed by atoms with E-state index in [1.807, 2.05) is 12.1 Å². The molecule has 108 valence electrons. The topological polar surface area (TPSA) is 62.6 Å². The molecule has 0 bridgehead atoms. The maximum Gasteiger partial charge on any atom is 0.248 e. The van der Waals surface area contributed by atoms with Crippen molar-refractivity contribution in [2.75, 3.05) is 6.54 Å². The molecular weight excluding hydrogens is 276 g/mol. The van der Waals surface area contributed by atoms with Gasteiger partial charge in [0, 0.05) is 11.8 Å². The number of carbonyl (C=O) groups excluding carboxylic acids is 2. The lowest BCUT2D eigenvalue weighted by molar-refractivity contribution is -0.150. The Bertz CT molecular complexity index is 527. The van der Waals surface area contributed by atoms with Crippen molar-refractivity contribution in [1.82, 2.24) is 10.2 Å². The number of amides is 2. The third kappa shape index (κ3) is 2.22. The van der Waals surface area contributed by atoms with E-state index in [0.717, 1.165) is 17.9 Å². The first-order chi connectivity index (χ1) is 9.49. The molecule has 1 N–H and O–H groups in total. The molecule has 1 aromatic rings. The number of rotatable bonds is 3. The molecule has 0 saturated carbocycles. The van der Waals surface area contributed by atoms with Crippen molar-refractivity contribution in [2.24, 2.45) is 0 Å². The quantitative estimate of drug-likeness (QED) is 0.915. The summed E-state index contributed by atoms with van der Waals surface area (Å²) < 4.78 is 5.31. The zero-order chi connectivity index (χ0) is 14.3. The minimum absolute atomic E-state index is 0.0169. The number of nitrogens with zero attached hydrogens (tertiary/aromatic N) is 1. The summed E-state index contributed by atoms with van der Waals surface area (Å²) >= 11 is 1.68. The average molecular weight is 294 g/mol. The average Bonchev–Trinajstić information content (AvgIpc) is 3.02. The van der Waals surface area contributed by atoms with Crippen LogP contribution in [0.4, 0.5) is 0 Å². The van der Waals surface area contributed by atoms with Crippen molar-refractivity contribution in [2.45, 2.75) is 42.9 Å². The zero-order valence-electron chi connectivity index (χ0n) is 11.6. The molecule has 0 unspecified atom stereocenters. The first kappa shape index (κ1) is 13.5. The van der Waals surface area contributed by atoms with Gasteiger partial charge in [-0.1, -0.05) is 0 Å². The van der Waals surface area contributed by atoms with E-state index in [-0.39, 0.29) is 23.1 Å². The van der Waals surface area contributed by atoms with Crippen LogP contribution in [0.5, 0.6) is 0 Å². The van der Waals surface area contributed by atoms with E-state index in [4.69, 9.17) is 4.42 Å². The molecule has 3 heterocycles. The van der Waals surface area contributed by atoms with Gasteiger partial charge in [0.1, 0.15) is 17.3 Å². The van der Waals surface area contributed by atoms with E-state index in [9.17, 15) is 9.59 Å². The Morgan fingerprint density at radius 3 is 3.00 bits per heavy atom. The Balaban J connectivity index is 1.71. The third-order valence-corrected chi connectivity index (χ3v) is 5.23. The highest BCUT2D eigenvalue weighted by Crippen LogP contribution is 2.35. The zero-order valence-corrected chi connectivity index (χ0v) is 12.4. The van der Waals surface area contributed by atoms with Gasteiger partial charge in [-0.2, -0.15) is 0 Å². The molecule has 2 atom stereocenters. The smallest absolute Gasteiger partial charge is 0.248 e. The number of hydrogen-bond acceptors (Lipinski definition) is 4. The molecule has 0 aromatic carbocycles. The summed E-state index contributed by atoms with van der Waals surface area (Å²) in [6.45, 7) is 4.18. The lowest BCUT2D eigenvalue weighted by Gasteiger charge is -2.40. The Morgan fingerprint density at radius 1 is 1.50 bits per heavy atom. The molecular formula is C14H18N2O3S. The molecule has 2 aliphatic rings. The fraction of sp³-hybridized carbons (Fsp3) is 0.571. The van der Waals surface area contributed by atoms with Gasteiger partial charge in [-0.25, -0.2) is 0 Å². The Kier molecular flexibility index (Phi) is 3.28. The van der Waals surface area contributed by atoms with Gasteiger partial charge in [0.25, 0.3) is 0 Å². The largest absolute Gasteiger partial charge is 0.468 e. The van der Waals surface area contributed by atoms with Crippen LogP contribution in [0.3, 0.4) is 0 Å². The molecule has 2 aliphatic heterocycles. The summed E-state index contributed by atoms with van der Waals surface area (Å²) in [4.78, 5) is 26.3. The van der Waals surface area contributed by atoms with Crippen LogP contribution in [0.1, 0.15) is 26.0 Å². The molecule has 20 heavy (non-hydrogen) atoms. The number of thioether (sulfide) groups is 1. The summed E-state index contributed by atoms with van der Waals surface area (Å²) in [6.07, 6.45) is 2.50. The maximum atomic E-state index is 12.3. The first-order valence-corrected chi connectivity index (χ1v) is 7.81. The van der Waals surface area contributed by atoms with Crippen LogP contribution < -0.4 is 5.32 Å². The van der Waals surface area contributed by atoms with Crippen molar-refractivity contribution < 1.29 is 14.0 Å². The van der Waals surface area contributed by atoms with Crippen molar-refractivity contribution in [1.29, 1.82) is 0 Å². The van der Waals surface area contributed by atoms with Crippen LogP contribution in [0, 0.1) is 0 Å². The summed E-state index contributed by atoms with van der Waals surface area (Å²) in [7, 11) is 0. The molecule has 0 spiro atoms. The van der Waals surface area contributed by atoms with E-state index in [0.29, 0.717) is 6.54 Å². The predicted molar refractivity (Wildman–Crippen MR) is 76.1 cm³/mol. The van der Waals surface area contributed by atoms with Gasteiger partial charge >= 0.3 is 0 Å². The summed E-state index contributed by atoms with van der Waals surface area (Å²) in [6, 6.07) is 3.45. The second-order valence-corrected chi connectivity index (χ2v) is 7.00. The third-order valence-electron chi connectivity index (χ3n) is 3.86. The lowest BCUT2D eigenvalue weighted by atomic mass is 9.98. The fourth-order valence-corrected chi connectivity index (χ4v) is 4.12. The Hall–Kier alpha value is -1.43. The minimum Gasteiger partial charge on any atom is -0.468 e. The number of nitrogens with one attached hydrogen (secondary N) is 1. The standard InChI is InChI=1S/C14H18N2O3S/c1-14(2)13(18)16-6-5-10(11(16)12(17)15-14)20-8-9-4-3-7-19-9/h3-4,7,10-11H,5-6,8H2,1-2H3,(H,15,17)/t10-,11-/m0/s1. The van der Waals surface area contributed by atoms with Gasteiger partial charge in [0.15, 0.2) is 0 Å². The van der Waals surface area contributed by atoms with Crippen LogP contribution in [0.15, 0.2) is 22.8 Å². The van der Waals surface area contributed by atoms with Gasteiger partial charge in [0.2, 0.25) is 11.8 Å². The first-order valence-electron chi connectivity index (χ1n) is 6.76. The number of furan rings is 1. The van der Waals surface area contributed by atoms with Gasteiger partial charge in [0.05, 0.1) is 12.0 Å². The number of piperazine rings is 1. The van der Waals surface area contributed by atoms with Crippen molar-refractivity contribution in [3.63, 3.8) is 0 Å². The molecule has 3 rings (SSSR count). The normalized spacial score (nSPS) is 28.4. The Labute approximate surface area is 122 Å². The highest BCUT2D eigenvalue weighted by Gasteiger charge is 2.51. The van der Waals surface area contributed by atoms with Crippen LogP contribution >= 0.6 is 11.8 Å². The van der Waals surface area contributed by atoms with Gasteiger partial charge in [-0.15, -0.1) is 11.8 Å². The fourth-order valence-electron chi connectivity index (χ4n) is 2.86. The van der Waals surface area contributed by atoms with Gasteiger partial charge < -0.3 is 14.6 Å². The van der Waals surface area contributed by atoms with E-state index in [2.05, 4.69) is 5.32 Å². The van der Waals surface area contributed by atoms with Crippen LogP contribution in [0.25, 0.3) is 0 Å². The molecule has 2 amide bonds. The highest BCUT2D eigenvalue weighted by atomic mass is 32.2. The summed E-state index contributed by atoms with van der Waals surface area (Å²) in [5, 5.41) is 2.97. The minimum atomic E-state index is -0.784. The number of fused-ring (bicyclic) bond motifs is 1. The van der Waals surface area contributed by atoms with E-state index in [1.54, 1.807) is 36.8 Å². The van der Waals surface area contributed by atoms with Gasteiger partial charge in [-0.3, -0.25) is 9.59 Å². The number of carbonyl (C=O) groups is 2. The Morgan fingerprint density at radius 2 is 2.30 bits per heavy atom. The molecule has 1 aromatic heterocycles. The predicted octanol–water partition coefficient (Wildman–Crippen LogP) is 1.39. The van der Waals surface area contributed by atoms with Crippen molar-refractivity contribution in [3.05, 3.63) is 24.2 Å². The van der Waals surface area contributed by atoms with E-state index >= 15 is 0 Å². The molecule has 0 aliphatic carbocycles. The second kappa shape index (κ2) is 4.84. The van der Waals surface area contributed by atoms with Gasteiger partial charge in [-0.05, 0) is 32.4 Å². The molecule has 2 fully saturated rings. The van der Waals surface area contributed by atoms with Crippen LogP contribution in [-0.4, -0.2) is 40.1 Å². The number of hydrogen-bond donors (Lipinski definition) is 1.